The van der Waals surface area contributed by atoms with E-state index in [-0.39, 0.29) is 19.6 Å². The van der Waals surface area contributed by atoms with E-state index < -0.39 is 45.3 Å². The zero-order chi connectivity index (χ0) is 23.3. The Morgan fingerprint density at radius 1 is 0.600 bits per heavy atom. The summed E-state index contributed by atoms with van der Waals surface area (Å²) in [7, 11) is -10.4. The van der Waals surface area contributed by atoms with E-state index in [1.54, 1.807) is 20.8 Å². The summed E-state index contributed by atoms with van der Waals surface area (Å²) in [6, 6.07) is 0. The number of rotatable bonds is 12. The van der Waals surface area contributed by atoms with Crippen molar-refractivity contribution in [3.8, 4) is 0 Å². The lowest BCUT2D eigenvalue weighted by Crippen LogP contribution is -2.59. The van der Waals surface area contributed by atoms with E-state index in [1.165, 1.54) is 0 Å². The van der Waals surface area contributed by atoms with Crippen molar-refractivity contribution >= 4 is 29.5 Å². The Labute approximate surface area is 181 Å². The van der Waals surface area contributed by atoms with Gasteiger partial charge in [0, 0.05) is 35.9 Å². The van der Waals surface area contributed by atoms with Crippen LogP contribution in [0.15, 0.2) is 36.0 Å². The maximum atomic E-state index is 12.1. The number of hydrogen-bond donors (Lipinski definition) is 0. The highest BCUT2D eigenvalue weighted by atomic mass is 32.2. The predicted molar refractivity (Wildman–Crippen MR) is 120 cm³/mol. The van der Waals surface area contributed by atoms with E-state index in [1.807, 2.05) is 14.7 Å². The molecule has 1 fully saturated rings. The summed E-state index contributed by atoms with van der Waals surface area (Å²) >= 11 is 0. The van der Waals surface area contributed by atoms with Crippen molar-refractivity contribution in [3.63, 3.8) is 0 Å². The molecule has 9 nitrogen and oxygen atoms in total. The lowest BCUT2D eigenvalue weighted by molar-refractivity contribution is -0.0276. The van der Waals surface area contributed by atoms with E-state index in [0.29, 0.717) is 20.0 Å². The Kier molecular flexibility index (Phi) is 9.45. The van der Waals surface area contributed by atoms with Crippen molar-refractivity contribution in [3.05, 3.63) is 36.0 Å². The Balaban J connectivity index is 3.05. The molecular formula is C18H33N3O6S3. The number of hydrogen-bond acceptors (Lipinski definition) is 9. The van der Waals surface area contributed by atoms with Crippen LogP contribution in [0.3, 0.4) is 0 Å². The third kappa shape index (κ3) is 7.27. The number of nitrogens with zero attached hydrogens (tertiary/aromatic N) is 3. The first-order chi connectivity index (χ1) is 13.7. The molecule has 0 saturated carbocycles. The maximum absolute atomic E-state index is 12.1. The van der Waals surface area contributed by atoms with Crippen LogP contribution >= 0.6 is 0 Å². The summed E-state index contributed by atoms with van der Waals surface area (Å²) in [6.07, 6.45) is 0. The van der Waals surface area contributed by atoms with Crippen LogP contribution in [-0.4, -0.2) is 95.3 Å². The fraction of sp³-hybridized carbons (Fsp3) is 0.667. The van der Waals surface area contributed by atoms with Crippen LogP contribution in [0.1, 0.15) is 20.8 Å². The molecule has 0 aromatic rings. The van der Waals surface area contributed by atoms with Crippen molar-refractivity contribution < 1.29 is 25.3 Å². The molecule has 3 unspecified atom stereocenters. The molecule has 1 aliphatic rings. The second kappa shape index (κ2) is 10.5. The smallest absolute Gasteiger partial charge is 0.174 e. The summed E-state index contributed by atoms with van der Waals surface area (Å²) < 4.78 is 72.5. The third-order valence-corrected chi connectivity index (χ3v) is 10.3. The Hall–Kier alpha value is -1.05. The Morgan fingerprint density at radius 3 is 0.967 bits per heavy atom. The molecule has 0 aromatic heterocycles. The van der Waals surface area contributed by atoms with Crippen LogP contribution in [0.2, 0.25) is 0 Å². The molecule has 30 heavy (non-hydrogen) atoms. The highest BCUT2D eigenvalue weighted by Crippen LogP contribution is 2.16. The van der Waals surface area contributed by atoms with Gasteiger partial charge in [-0.2, -0.15) is 0 Å². The summed E-state index contributed by atoms with van der Waals surface area (Å²) in [5.74, 6) is 0. The van der Waals surface area contributed by atoms with E-state index in [2.05, 4.69) is 19.7 Å². The van der Waals surface area contributed by atoms with Gasteiger partial charge in [-0.3, -0.25) is 14.7 Å². The van der Waals surface area contributed by atoms with Gasteiger partial charge in [-0.1, -0.05) is 19.7 Å². The third-order valence-electron chi connectivity index (χ3n) is 5.13. The largest absolute Gasteiger partial charge is 0.276 e. The summed E-state index contributed by atoms with van der Waals surface area (Å²) in [4.78, 5) is 5.57. The lowest BCUT2D eigenvalue weighted by Gasteiger charge is -2.44. The van der Waals surface area contributed by atoms with Gasteiger partial charge in [0.25, 0.3) is 0 Å². The quantitative estimate of drug-likeness (QED) is 0.394. The molecule has 1 heterocycles. The maximum Gasteiger partial charge on any atom is 0.174 e. The van der Waals surface area contributed by atoms with Crippen molar-refractivity contribution in [1.82, 2.24) is 14.7 Å². The van der Waals surface area contributed by atoms with E-state index >= 15 is 0 Å². The van der Waals surface area contributed by atoms with Gasteiger partial charge in [0.1, 0.15) is 0 Å². The molecule has 0 aromatic carbocycles. The molecule has 3 atom stereocenters. The van der Waals surface area contributed by atoms with Crippen LogP contribution in [-0.2, 0) is 29.5 Å². The minimum absolute atomic E-state index is 0.201. The van der Waals surface area contributed by atoms with Gasteiger partial charge in [-0.15, -0.1) is 0 Å². The molecule has 0 bridgehead atoms. The Morgan fingerprint density at radius 2 is 0.800 bits per heavy atom. The predicted octanol–water partition coefficient (Wildman–Crippen LogP) is 0.619. The first-order valence-electron chi connectivity index (χ1n) is 9.44. The SMILES string of the molecule is C=CS(=O)(=O)C(C)CN1CN(CC(C)S(=O)(=O)C=C)CN(CC(C)S(=O)(=O)C=C)C1. The van der Waals surface area contributed by atoms with Crippen LogP contribution < -0.4 is 0 Å². The monoisotopic (exact) mass is 483 g/mol. The second-order valence-corrected chi connectivity index (χ2v) is 14.6. The minimum atomic E-state index is -3.47. The molecule has 0 amide bonds. The van der Waals surface area contributed by atoms with Gasteiger partial charge >= 0.3 is 0 Å². The minimum Gasteiger partial charge on any atom is -0.276 e. The molecule has 174 valence electrons. The zero-order valence-corrected chi connectivity index (χ0v) is 20.3. The normalized spacial score (nSPS) is 20.9. The van der Waals surface area contributed by atoms with E-state index in [4.69, 9.17) is 0 Å². The van der Waals surface area contributed by atoms with Crippen LogP contribution in [0.4, 0.5) is 0 Å². The van der Waals surface area contributed by atoms with Gasteiger partial charge in [-0.25, -0.2) is 25.3 Å². The van der Waals surface area contributed by atoms with Crippen molar-refractivity contribution in [2.45, 2.75) is 36.5 Å². The van der Waals surface area contributed by atoms with Gasteiger partial charge in [0.15, 0.2) is 29.5 Å². The highest BCUT2D eigenvalue weighted by Gasteiger charge is 2.32. The standard InChI is InChI=1S/C18H33N3O6S3/c1-7-28(22,23)16(4)10-19-13-20(11-17(5)29(24,25)8-2)15-21(14-19)12-18(6)30(26,27)9-3/h7-9,16-18H,1-3,10-15H2,4-6H3. The van der Waals surface area contributed by atoms with Crippen molar-refractivity contribution in [2.75, 3.05) is 39.6 Å². The summed E-state index contributed by atoms with van der Waals surface area (Å²) in [5.41, 5.74) is 0. The van der Waals surface area contributed by atoms with Crippen molar-refractivity contribution in [2.24, 2.45) is 0 Å². The highest BCUT2D eigenvalue weighted by molar-refractivity contribution is 7.95. The van der Waals surface area contributed by atoms with Gasteiger partial charge in [-0.05, 0) is 20.8 Å². The van der Waals surface area contributed by atoms with Crippen LogP contribution in [0.5, 0.6) is 0 Å². The molecule has 12 heteroatoms. The van der Waals surface area contributed by atoms with E-state index in [9.17, 15) is 25.3 Å². The molecule has 0 spiro atoms. The van der Waals surface area contributed by atoms with Gasteiger partial charge in [0.05, 0.1) is 35.8 Å². The first-order valence-corrected chi connectivity index (χ1v) is 14.3. The molecule has 0 aliphatic carbocycles. The fourth-order valence-corrected chi connectivity index (χ4v) is 5.47. The zero-order valence-electron chi connectivity index (χ0n) is 17.8. The average molecular weight is 484 g/mol. The van der Waals surface area contributed by atoms with E-state index in [0.717, 1.165) is 16.2 Å². The Bertz CT molecular complexity index is 814. The van der Waals surface area contributed by atoms with Crippen molar-refractivity contribution in [1.29, 1.82) is 0 Å². The first kappa shape index (κ1) is 27.0. The molecule has 1 saturated heterocycles. The lowest BCUT2D eigenvalue weighted by atomic mass is 10.3. The number of sulfone groups is 3. The molecule has 1 aliphatic heterocycles. The summed E-state index contributed by atoms with van der Waals surface area (Å²) in [6.45, 7) is 16.4. The van der Waals surface area contributed by atoms with Crippen LogP contribution in [0, 0.1) is 0 Å². The molecular weight excluding hydrogens is 450 g/mol. The second-order valence-electron chi connectivity index (χ2n) is 7.68. The fourth-order valence-electron chi connectivity index (χ4n) is 3.22. The topological polar surface area (TPSA) is 112 Å². The molecule has 1 rings (SSSR count). The molecule has 0 radical (unpaired) electrons. The van der Waals surface area contributed by atoms with Gasteiger partial charge in [0.2, 0.25) is 0 Å². The average Bonchev–Trinajstić information content (AvgIpc) is 2.67. The molecule has 0 N–H and O–H groups in total. The van der Waals surface area contributed by atoms with Gasteiger partial charge < -0.3 is 0 Å². The van der Waals surface area contributed by atoms with Crippen LogP contribution in [0.25, 0.3) is 0 Å². The summed E-state index contributed by atoms with van der Waals surface area (Å²) in [5, 5.41) is 0.652.